The molecule has 3 aromatic heterocycles. The monoisotopic (exact) mass is 638 g/mol. The van der Waals surface area contributed by atoms with Crippen LogP contribution in [-0.2, 0) is 23.5 Å². The minimum absolute atomic E-state index is 0.00370. The molecule has 16 heteroatoms. The molecule has 0 atom stereocenters. The molecular weight excluding hydrogens is 601 g/mol. The lowest BCUT2D eigenvalue weighted by Crippen LogP contribution is -2.42. The lowest BCUT2D eigenvalue weighted by atomic mass is 10.0. The molecule has 5 rings (SSSR count). The summed E-state index contributed by atoms with van der Waals surface area (Å²) < 4.78 is 77.6. The smallest absolute Gasteiger partial charge is 0.397 e. The van der Waals surface area contributed by atoms with Gasteiger partial charge in [-0.25, -0.2) is 22.8 Å². The second kappa shape index (κ2) is 11.1. The second-order valence-electron chi connectivity index (χ2n) is 12.5. The number of carbonyl (C=O) groups excluding carboxylic acids is 1. The summed E-state index contributed by atoms with van der Waals surface area (Å²) in [4.78, 5) is 20.1. The van der Waals surface area contributed by atoms with Gasteiger partial charge in [-0.1, -0.05) is 13.8 Å². The lowest BCUT2D eigenvalue weighted by Gasteiger charge is -2.32. The van der Waals surface area contributed by atoms with Gasteiger partial charge in [0.25, 0.3) is 15.9 Å². The van der Waals surface area contributed by atoms with Crippen LogP contribution >= 0.6 is 0 Å². The Balaban J connectivity index is 1.45. The summed E-state index contributed by atoms with van der Waals surface area (Å²) in [6.45, 7) is 9.79. The molecule has 0 unspecified atom stereocenters. The number of hydrogen-bond acceptors (Lipinski definition) is 9. The van der Waals surface area contributed by atoms with E-state index in [0.717, 1.165) is 0 Å². The minimum Gasteiger partial charge on any atom is -0.476 e. The van der Waals surface area contributed by atoms with E-state index in [1.165, 1.54) is 33.8 Å². The van der Waals surface area contributed by atoms with E-state index in [-0.39, 0.29) is 52.4 Å². The van der Waals surface area contributed by atoms with Crippen molar-refractivity contribution in [2.75, 3.05) is 24.7 Å². The van der Waals surface area contributed by atoms with Crippen LogP contribution < -0.4 is 19.7 Å². The largest absolute Gasteiger partial charge is 0.476 e. The molecule has 1 saturated heterocycles. The molecule has 4 heterocycles. The Hall–Kier alpha value is -3.66. The van der Waals surface area contributed by atoms with Crippen molar-refractivity contribution >= 4 is 21.7 Å². The first kappa shape index (κ1) is 31.8. The van der Waals surface area contributed by atoms with E-state index >= 15 is 0 Å². The highest BCUT2D eigenvalue weighted by molar-refractivity contribution is 7.90. The highest BCUT2D eigenvalue weighted by Gasteiger charge is 2.64. The summed E-state index contributed by atoms with van der Waals surface area (Å²) in [5.74, 6) is -0.245. The third kappa shape index (κ3) is 6.01. The van der Waals surface area contributed by atoms with Crippen molar-refractivity contribution < 1.29 is 31.1 Å². The average molecular weight is 639 g/mol. The summed E-state index contributed by atoms with van der Waals surface area (Å²) in [6.07, 6.45) is -2.38. The van der Waals surface area contributed by atoms with Gasteiger partial charge in [0.15, 0.2) is 5.82 Å². The van der Waals surface area contributed by atoms with Crippen LogP contribution in [0.5, 0.6) is 5.88 Å². The van der Waals surface area contributed by atoms with Crippen LogP contribution in [-0.4, -0.2) is 70.4 Å². The molecule has 2 aliphatic rings. The van der Waals surface area contributed by atoms with E-state index in [0.29, 0.717) is 25.3 Å². The molecule has 44 heavy (non-hydrogen) atoms. The predicted octanol–water partition coefficient (Wildman–Crippen LogP) is 3.49. The van der Waals surface area contributed by atoms with E-state index in [1.54, 1.807) is 14.0 Å². The number of nitrogens with one attached hydrogen (secondary N) is 2. The number of alkyl halides is 3. The Kier molecular flexibility index (Phi) is 7.98. The molecule has 12 nitrogen and oxygen atoms in total. The van der Waals surface area contributed by atoms with Crippen LogP contribution in [0, 0.1) is 18.3 Å². The second-order valence-corrected chi connectivity index (χ2v) is 14.2. The summed E-state index contributed by atoms with van der Waals surface area (Å²) in [5, 5.41) is 11.8. The fraction of sp³-hybridized carbons (Fsp3) is 0.571. The van der Waals surface area contributed by atoms with E-state index in [1.807, 2.05) is 32.6 Å². The fourth-order valence-corrected chi connectivity index (χ4v) is 6.77. The lowest BCUT2D eigenvalue weighted by molar-refractivity contribution is -0.194. The highest BCUT2D eigenvalue weighted by Crippen LogP contribution is 2.57. The number of aromatic nitrogens is 5. The van der Waals surface area contributed by atoms with Crippen molar-refractivity contribution in [2.24, 2.45) is 18.4 Å². The van der Waals surface area contributed by atoms with Crippen molar-refractivity contribution in [2.45, 2.75) is 70.5 Å². The molecule has 240 valence electrons. The Morgan fingerprint density at radius 3 is 2.48 bits per heavy atom. The molecule has 2 N–H and O–H groups in total. The predicted molar refractivity (Wildman–Crippen MR) is 155 cm³/mol. The number of sulfonamides is 1. The normalized spacial score (nSPS) is 17.7. The first-order chi connectivity index (χ1) is 20.4. The van der Waals surface area contributed by atoms with Gasteiger partial charge in [0.2, 0.25) is 5.88 Å². The molecule has 2 fully saturated rings. The summed E-state index contributed by atoms with van der Waals surface area (Å²) >= 11 is 0. The SMILES string of the molecule is Cc1nn(C)c(CC(C)C)c1S(=O)(=O)NC(=O)c1ccc(-n2ccc(OCC3(C(F)(F)F)CC3)n2)nc1N1CNCC1(C)C. The van der Waals surface area contributed by atoms with Gasteiger partial charge in [-0.15, -0.1) is 5.10 Å². The summed E-state index contributed by atoms with van der Waals surface area (Å²) in [5.41, 5.74) is -1.53. The van der Waals surface area contributed by atoms with Gasteiger partial charge in [0.05, 0.1) is 23.6 Å². The number of pyridine rings is 1. The number of nitrogens with zero attached hydrogens (tertiary/aromatic N) is 6. The number of amides is 1. The number of anilines is 1. The standard InChI is InChI=1S/C28H37F3N8O4S/c1-17(2)13-20-23(18(3)34-37(20)6)44(41,42)36-25(40)19-7-8-21(33-24(19)38-16-32-14-26(38,4)5)39-12-9-22(35-39)43-15-27(10-11-27)28(29,30)31/h7-9,12,17,32H,10-11,13-16H2,1-6H3,(H,36,40). The van der Waals surface area contributed by atoms with Crippen molar-refractivity contribution in [3.63, 3.8) is 0 Å². The van der Waals surface area contributed by atoms with Gasteiger partial charge < -0.3 is 9.64 Å². The first-order valence-electron chi connectivity index (χ1n) is 14.3. The molecule has 0 aromatic carbocycles. The minimum atomic E-state index is -4.35. The van der Waals surface area contributed by atoms with Gasteiger partial charge in [-0.2, -0.15) is 18.3 Å². The van der Waals surface area contributed by atoms with Crippen LogP contribution in [0.3, 0.4) is 0 Å². The maximum atomic E-state index is 13.7. The van der Waals surface area contributed by atoms with Crippen molar-refractivity contribution in [3.8, 4) is 11.7 Å². The quantitative estimate of drug-likeness (QED) is 0.342. The molecular formula is C28H37F3N8O4S. The molecule has 1 amide bonds. The van der Waals surface area contributed by atoms with Crippen molar-refractivity contribution in [3.05, 3.63) is 41.3 Å². The van der Waals surface area contributed by atoms with Gasteiger partial charge in [0, 0.05) is 31.4 Å². The van der Waals surface area contributed by atoms with E-state index in [9.17, 15) is 26.4 Å². The number of ether oxygens (including phenoxy) is 1. The van der Waals surface area contributed by atoms with E-state index in [4.69, 9.17) is 4.74 Å². The van der Waals surface area contributed by atoms with Crippen molar-refractivity contribution in [1.82, 2.24) is 34.6 Å². The van der Waals surface area contributed by atoms with Crippen LogP contribution in [0.15, 0.2) is 29.3 Å². The fourth-order valence-electron chi connectivity index (χ4n) is 5.35. The number of rotatable bonds is 10. The average Bonchev–Trinajstić information content (AvgIpc) is 3.29. The number of aryl methyl sites for hydroxylation is 2. The third-order valence-corrected chi connectivity index (χ3v) is 9.57. The Morgan fingerprint density at radius 2 is 1.89 bits per heavy atom. The van der Waals surface area contributed by atoms with E-state index in [2.05, 4.69) is 25.2 Å². The van der Waals surface area contributed by atoms with Gasteiger partial charge >= 0.3 is 6.18 Å². The maximum Gasteiger partial charge on any atom is 0.397 e. The third-order valence-electron chi connectivity index (χ3n) is 8.05. The van der Waals surface area contributed by atoms with Crippen molar-refractivity contribution in [1.29, 1.82) is 0 Å². The summed E-state index contributed by atoms with van der Waals surface area (Å²) in [6, 6.07) is 4.37. The van der Waals surface area contributed by atoms with Gasteiger partial charge in [-0.05, 0) is 58.1 Å². The van der Waals surface area contributed by atoms with Crippen LogP contribution in [0.4, 0.5) is 19.0 Å². The topological polar surface area (TPSA) is 136 Å². The Labute approximate surface area is 254 Å². The number of halogens is 3. The molecule has 0 radical (unpaired) electrons. The Bertz CT molecular complexity index is 1680. The van der Waals surface area contributed by atoms with Crippen LogP contribution in [0.1, 0.15) is 62.3 Å². The van der Waals surface area contributed by atoms with Crippen LogP contribution in [0.25, 0.3) is 5.82 Å². The van der Waals surface area contributed by atoms with Crippen LogP contribution in [0.2, 0.25) is 0 Å². The number of carbonyl (C=O) groups is 1. The van der Waals surface area contributed by atoms with Gasteiger partial charge in [0.1, 0.15) is 22.7 Å². The molecule has 1 saturated carbocycles. The molecule has 3 aromatic rings. The van der Waals surface area contributed by atoms with E-state index < -0.39 is 39.7 Å². The van der Waals surface area contributed by atoms with Gasteiger partial charge in [-0.3, -0.25) is 14.8 Å². The highest BCUT2D eigenvalue weighted by atomic mass is 32.2. The molecule has 1 aliphatic heterocycles. The number of hydrogen-bond donors (Lipinski definition) is 2. The molecule has 0 spiro atoms. The first-order valence-corrected chi connectivity index (χ1v) is 15.8. The zero-order valence-corrected chi connectivity index (χ0v) is 26.3. The maximum absolute atomic E-state index is 13.7. The molecule has 0 bridgehead atoms. The zero-order chi connectivity index (χ0) is 32.2. The molecule has 1 aliphatic carbocycles. The Morgan fingerprint density at radius 1 is 1.18 bits per heavy atom. The zero-order valence-electron chi connectivity index (χ0n) is 25.5. The summed E-state index contributed by atoms with van der Waals surface area (Å²) in [7, 11) is -2.64.